The molecular formula is C8H13N3O4S. The summed E-state index contributed by atoms with van der Waals surface area (Å²) in [5, 5.41) is 0.387. The average Bonchev–Trinajstić information content (AvgIpc) is 2.14. The smallest absolute Gasteiger partial charge is 0.275 e. The van der Waals surface area contributed by atoms with Crippen LogP contribution in [0.4, 0.5) is 4.79 Å². The van der Waals surface area contributed by atoms with Gasteiger partial charge in [0.05, 0.1) is 0 Å². The first-order chi connectivity index (χ1) is 7.33. The molecule has 1 unspecified atom stereocenters. The predicted octanol–water partition coefficient (Wildman–Crippen LogP) is -0.749. The highest BCUT2D eigenvalue weighted by molar-refractivity contribution is 7.91. The molecule has 0 fully saturated rings. The van der Waals surface area contributed by atoms with Crippen LogP contribution in [0.2, 0.25) is 0 Å². The third-order valence-electron chi connectivity index (χ3n) is 1.84. The predicted molar refractivity (Wildman–Crippen MR) is 57.6 cm³/mol. The van der Waals surface area contributed by atoms with E-state index in [2.05, 4.69) is 9.71 Å². The number of amides is 3. The van der Waals surface area contributed by atoms with Crippen LogP contribution in [0.3, 0.4) is 0 Å². The fourth-order valence-electron chi connectivity index (χ4n) is 1.01. The van der Waals surface area contributed by atoms with E-state index in [0.717, 1.165) is 6.21 Å². The highest BCUT2D eigenvalue weighted by Gasteiger charge is 2.34. The molecule has 1 heterocycles. The van der Waals surface area contributed by atoms with Gasteiger partial charge in [0.1, 0.15) is 0 Å². The maximum absolute atomic E-state index is 11.6. The summed E-state index contributed by atoms with van der Waals surface area (Å²) in [6.07, 6.45) is 0.837. The molecule has 0 bridgehead atoms. The van der Waals surface area contributed by atoms with E-state index in [-0.39, 0.29) is 12.5 Å². The molecule has 0 spiro atoms. The van der Waals surface area contributed by atoms with Crippen molar-refractivity contribution in [2.24, 2.45) is 10.9 Å². The maximum Gasteiger partial charge on any atom is 0.347 e. The number of urea groups is 1. The molecule has 1 aliphatic rings. The van der Waals surface area contributed by atoms with Crippen molar-refractivity contribution in [1.82, 2.24) is 10.0 Å². The first-order valence-electron chi connectivity index (χ1n) is 4.70. The van der Waals surface area contributed by atoms with Crippen molar-refractivity contribution < 1.29 is 18.0 Å². The van der Waals surface area contributed by atoms with Crippen molar-refractivity contribution in [2.45, 2.75) is 19.1 Å². The van der Waals surface area contributed by atoms with Crippen LogP contribution in [-0.2, 0) is 14.8 Å². The summed E-state index contributed by atoms with van der Waals surface area (Å²) in [5.74, 6) is -0.753. The van der Waals surface area contributed by atoms with Crippen LogP contribution in [0.15, 0.2) is 4.99 Å². The number of carbonyl (C=O) groups is 2. The van der Waals surface area contributed by atoms with Gasteiger partial charge < -0.3 is 0 Å². The van der Waals surface area contributed by atoms with Crippen LogP contribution in [-0.4, -0.2) is 38.4 Å². The van der Waals surface area contributed by atoms with Gasteiger partial charge in [0.15, 0.2) is 5.25 Å². The van der Waals surface area contributed by atoms with Crippen molar-refractivity contribution in [2.75, 3.05) is 6.54 Å². The molecule has 0 saturated carbocycles. The van der Waals surface area contributed by atoms with Crippen molar-refractivity contribution in [3.63, 3.8) is 0 Å². The van der Waals surface area contributed by atoms with Gasteiger partial charge in [-0.15, -0.1) is 0 Å². The van der Waals surface area contributed by atoms with Gasteiger partial charge in [0.2, 0.25) is 10.0 Å². The first-order valence-corrected chi connectivity index (χ1v) is 6.25. The summed E-state index contributed by atoms with van der Waals surface area (Å²) in [4.78, 5) is 25.2. The van der Waals surface area contributed by atoms with E-state index in [4.69, 9.17) is 0 Å². The molecule has 0 saturated heterocycles. The molecule has 0 radical (unpaired) electrons. The minimum Gasteiger partial charge on any atom is -0.275 e. The Hall–Kier alpha value is -1.28. The third-order valence-corrected chi connectivity index (χ3v) is 3.42. The molecule has 1 aliphatic heterocycles. The number of aliphatic imine (C=N–C) groups is 1. The van der Waals surface area contributed by atoms with E-state index in [9.17, 15) is 18.0 Å². The Kier molecular flexibility index (Phi) is 3.76. The minimum atomic E-state index is -3.81. The molecule has 16 heavy (non-hydrogen) atoms. The van der Waals surface area contributed by atoms with Crippen LogP contribution in [0.25, 0.3) is 0 Å². The van der Waals surface area contributed by atoms with Crippen molar-refractivity contribution in [3.8, 4) is 0 Å². The second kappa shape index (κ2) is 4.71. The van der Waals surface area contributed by atoms with Gasteiger partial charge in [-0.2, -0.15) is 0 Å². The van der Waals surface area contributed by atoms with Crippen LogP contribution in [0, 0.1) is 5.92 Å². The van der Waals surface area contributed by atoms with Gasteiger partial charge in [0.25, 0.3) is 5.91 Å². The fourth-order valence-corrected chi connectivity index (χ4v) is 2.31. The van der Waals surface area contributed by atoms with Crippen molar-refractivity contribution in [3.05, 3.63) is 0 Å². The lowest BCUT2D eigenvalue weighted by Crippen LogP contribution is -2.50. The Balaban J connectivity index is 2.80. The highest BCUT2D eigenvalue weighted by atomic mass is 32.2. The molecule has 0 aromatic heterocycles. The lowest BCUT2D eigenvalue weighted by atomic mass is 10.2. The second-order valence-electron chi connectivity index (χ2n) is 3.78. The maximum atomic E-state index is 11.6. The van der Waals surface area contributed by atoms with Crippen LogP contribution < -0.4 is 10.0 Å². The number of hydrogen-bond acceptors (Lipinski definition) is 4. The molecule has 3 amide bonds. The molecule has 7 nitrogen and oxygen atoms in total. The number of nitrogens with one attached hydrogen (secondary N) is 2. The van der Waals surface area contributed by atoms with Gasteiger partial charge in [-0.3, -0.25) is 10.1 Å². The molecular weight excluding hydrogens is 234 g/mol. The van der Waals surface area contributed by atoms with Crippen LogP contribution >= 0.6 is 0 Å². The summed E-state index contributed by atoms with van der Waals surface area (Å²) in [6, 6.07) is -0.847. The Morgan fingerprint density at radius 3 is 2.62 bits per heavy atom. The molecule has 1 rings (SSSR count). The largest absolute Gasteiger partial charge is 0.347 e. The molecule has 90 valence electrons. The lowest BCUT2D eigenvalue weighted by Gasteiger charge is -2.16. The van der Waals surface area contributed by atoms with Crippen molar-refractivity contribution >= 4 is 28.2 Å². The molecule has 8 heteroatoms. The molecule has 0 aromatic carbocycles. The van der Waals surface area contributed by atoms with Gasteiger partial charge in [-0.05, 0) is 5.92 Å². The average molecular weight is 247 g/mol. The summed E-state index contributed by atoms with van der Waals surface area (Å²) < 4.78 is 25.5. The molecule has 0 aromatic rings. The summed E-state index contributed by atoms with van der Waals surface area (Å²) >= 11 is 0. The summed E-state index contributed by atoms with van der Waals surface area (Å²) in [6.45, 7) is 3.90. The second-order valence-corrected chi connectivity index (χ2v) is 5.67. The minimum absolute atomic E-state index is 0.125. The summed E-state index contributed by atoms with van der Waals surface area (Å²) in [7, 11) is -3.81. The number of imide groups is 1. The van der Waals surface area contributed by atoms with E-state index in [1.807, 2.05) is 19.2 Å². The Morgan fingerprint density at radius 2 is 2.12 bits per heavy atom. The Labute approximate surface area is 93.4 Å². The highest BCUT2D eigenvalue weighted by Crippen LogP contribution is 2.02. The van der Waals surface area contributed by atoms with E-state index in [1.54, 1.807) is 0 Å². The van der Waals surface area contributed by atoms with Crippen molar-refractivity contribution in [1.29, 1.82) is 0 Å². The number of carbonyl (C=O) groups excluding carboxylic acids is 2. The quantitative estimate of drug-likeness (QED) is 0.682. The molecule has 2 N–H and O–H groups in total. The lowest BCUT2D eigenvalue weighted by molar-refractivity contribution is -0.118. The third kappa shape index (κ3) is 3.11. The first kappa shape index (κ1) is 12.8. The van der Waals surface area contributed by atoms with Gasteiger partial charge >= 0.3 is 6.03 Å². The van der Waals surface area contributed by atoms with E-state index in [1.165, 1.54) is 0 Å². The zero-order valence-electron chi connectivity index (χ0n) is 8.93. The molecule has 1 atom stereocenters. The Morgan fingerprint density at radius 1 is 1.50 bits per heavy atom. The topological polar surface area (TPSA) is 105 Å². The van der Waals surface area contributed by atoms with Crippen LogP contribution in [0.5, 0.6) is 0 Å². The van der Waals surface area contributed by atoms with E-state index >= 15 is 0 Å². The van der Waals surface area contributed by atoms with Gasteiger partial charge in [-0.1, -0.05) is 13.8 Å². The fraction of sp³-hybridized carbons (Fsp3) is 0.625. The number of sulfonamides is 1. The van der Waals surface area contributed by atoms with Crippen LogP contribution in [0.1, 0.15) is 13.8 Å². The zero-order chi connectivity index (χ0) is 12.3. The standard InChI is InChI=1S/C8H13N3O4S/c1-5(2)3-10-16(14,15)6-4-9-8(13)11-7(6)12/h4-6,10H,3H2,1-2H3,(H,11,12,13). The monoisotopic (exact) mass is 247 g/mol. The van der Waals surface area contributed by atoms with E-state index < -0.39 is 27.2 Å². The van der Waals surface area contributed by atoms with Gasteiger partial charge in [-0.25, -0.2) is 22.9 Å². The number of rotatable bonds is 4. The SMILES string of the molecule is CC(C)CNS(=O)(=O)C1C=NC(=O)NC1=O. The number of nitrogens with zero attached hydrogens (tertiary/aromatic N) is 1. The summed E-state index contributed by atoms with van der Waals surface area (Å²) in [5.41, 5.74) is 0. The van der Waals surface area contributed by atoms with E-state index in [0.29, 0.717) is 0 Å². The number of hydrogen-bond donors (Lipinski definition) is 2. The Bertz CT molecular complexity index is 427. The normalized spacial score (nSPS) is 21.3. The van der Waals surface area contributed by atoms with Gasteiger partial charge in [0, 0.05) is 12.8 Å². The zero-order valence-corrected chi connectivity index (χ0v) is 9.74. The molecule has 0 aliphatic carbocycles.